The minimum absolute atomic E-state index is 0.0136. The summed E-state index contributed by atoms with van der Waals surface area (Å²) < 4.78 is 69.7. The average Bonchev–Trinajstić information content (AvgIpc) is 3.78. The number of ether oxygens (including phenoxy) is 11. The van der Waals surface area contributed by atoms with Gasteiger partial charge in [-0.2, -0.15) is 0 Å². The van der Waals surface area contributed by atoms with E-state index in [1.54, 1.807) is 27.9 Å². The minimum Gasteiger partial charge on any atom is -0.506 e. The third-order valence-corrected chi connectivity index (χ3v) is 12.9. The van der Waals surface area contributed by atoms with E-state index in [1.807, 2.05) is 13.0 Å². The zero-order chi connectivity index (χ0) is 39.2. The number of hydrogen-bond donors (Lipinski definition) is 4. The lowest BCUT2D eigenvalue weighted by Crippen LogP contribution is -2.70. The highest BCUT2D eigenvalue weighted by Gasteiger charge is 2.93. The van der Waals surface area contributed by atoms with Crippen LogP contribution in [0.25, 0.3) is 10.8 Å². The van der Waals surface area contributed by atoms with Crippen molar-refractivity contribution in [1.29, 1.82) is 0 Å². The second-order valence-electron chi connectivity index (χ2n) is 16.6. The molecule has 7 aliphatic rings. The number of methoxy groups -OCH3 is 3. The Hall–Kier alpha value is -2.71. The molecule has 16 heteroatoms. The third-order valence-electron chi connectivity index (χ3n) is 12.9. The number of fused-ring (bicyclic) bond motifs is 8. The number of carbonyl (C=O) groups is 1. The summed E-state index contributed by atoms with van der Waals surface area (Å²) >= 11 is 0. The Kier molecular flexibility index (Phi) is 8.53. The first-order valence-corrected chi connectivity index (χ1v) is 18.9. The summed E-state index contributed by atoms with van der Waals surface area (Å²) in [5.74, 6) is -2.93. The Bertz CT molecular complexity index is 1930. The molecule has 0 saturated carbocycles. The van der Waals surface area contributed by atoms with Crippen LogP contribution >= 0.6 is 0 Å². The number of aliphatic hydroxyl groups is 3. The molecule has 0 aromatic heterocycles. The highest BCUT2D eigenvalue weighted by molar-refractivity contribution is 6.11. The number of carbonyl (C=O) groups excluding carboxylic acids is 1. The Morgan fingerprint density at radius 2 is 1.69 bits per heavy atom. The Balaban J connectivity index is 1.04. The summed E-state index contributed by atoms with van der Waals surface area (Å²) in [4.78, 5) is 13.2. The molecule has 11 unspecified atom stereocenters. The van der Waals surface area contributed by atoms with Crippen LogP contribution in [0.2, 0.25) is 0 Å². The van der Waals surface area contributed by atoms with Crippen LogP contribution in [0.4, 0.5) is 0 Å². The second kappa shape index (κ2) is 12.4. The van der Waals surface area contributed by atoms with Crippen LogP contribution in [-0.2, 0) is 49.1 Å². The average molecular weight is 775 g/mol. The van der Waals surface area contributed by atoms with Crippen LogP contribution in [0.5, 0.6) is 17.2 Å². The van der Waals surface area contributed by atoms with Gasteiger partial charge in [0.1, 0.15) is 35.6 Å². The molecular formula is C39H50O16. The van der Waals surface area contributed by atoms with Gasteiger partial charge < -0.3 is 72.5 Å². The Morgan fingerprint density at radius 3 is 2.33 bits per heavy atom. The zero-order valence-electron chi connectivity index (χ0n) is 32.2. The standard InChI is InChI=1S/C39H50O16/c1-16-12-20-26(27(41)25-19(28(20)45-6)10-9-11-21(25)40)29-24(16)30-33-38(47-8,53-29)37(15-48-37)39(54-30,55-33)34(46-7)52-23-14-36(5,44)32(18(3)50-23)51-22-13-35(4,43)31(42)17(2)49-22/h12,17-18,22-23,30-34,41-44H,9-11,13-15H2,1-8H3/t17?,18?,22?,23?,30?,31?,32?,33?,34-,35?,36?,37+,38-,39?/m1/s1. The molecule has 2 aromatic rings. The number of aryl methyl sites for hydroxylation is 1. The van der Waals surface area contributed by atoms with E-state index in [0.717, 1.165) is 5.56 Å². The molecule has 1 spiro atoms. The van der Waals surface area contributed by atoms with E-state index in [0.29, 0.717) is 46.9 Å². The number of epoxide rings is 1. The highest BCUT2D eigenvalue weighted by atomic mass is 16.9. The molecule has 16 nitrogen and oxygen atoms in total. The van der Waals surface area contributed by atoms with Crippen LogP contribution in [0, 0.1) is 6.92 Å². The number of phenols is 1. The van der Waals surface area contributed by atoms with E-state index in [4.69, 9.17) is 52.1 Å². The minimum atomic E-state index is -1.75. The van der Waals surface area contributed by atoms with E-state index in [2.05, 4.69) is 0 Å². The van der Waals surface area contributed by atoms with Crippen molar-refractivity contribution in [3.8, 4) is 17.2 Å². The fourth-order valence-electron chi connectivity index (χ4n) is 10.3. The van der Waals surface area contributed by atoms with E-state index < -0.39 is 83.9 Å². The van der Waals surface area contributed by atoms with E-state index in [9.17, 15) is 25.2 Å². The fraction of sp³-hybridized carbons (Fsp3) is 0.718. The van der Waals surface area contributed by atoms with Crippen LogP contribution in [-0.4, -0.2) is 132 Å². The Morgan fingerprint density at radius 1 is 0.982 bits per heavy atom. The molecule has 5 saturated heterocycles. The predicted molar refractivity (Wildman–Crippen MR) is 187 cm³/mol. The number of hydrogen-bond acceptors (Lipinski definition) is 16. The lowest BCUT2D eigenvalue weighted by molar-refractivity contribution is -0.396. The Labute approximate surface area is 317 Å². The molecular weight excluding hydrogens is 724 g/mol. The van der Waals surface area contributed by atoms with Gasteiger partial charge in [0.05, 0.1) is 48.1 Å². The molecule has 2 aromatic carbocycles. The van der Waals surface area contributed by atoms with Crippen LogP contribution < -0.4 is 9.47 Å². The monoisotopic (exact) mass is 774 g/mol. The zero-order valence-corrected chi connectivity index (χ0v) is 32.2. The van der Waals surface area contributed by atoms with Crippen LogP contribution in [0.15, 0.2) is 6.07 Å². The van der Waals surface area contributed by atoms with Crippen molar-refractivity contribution in [2.45, 2.75) is 151 Å². The summed E-state index contributed by atoms with van der Waals surface area (Å²) in [5, 5.41) is 45.6. The van der Waals surface area contributed by atoms with Gasteiger partial charge in [-0.25, -0.2) is 0 Å². The van der Waals surface area contributed by atoms with E-state index >= 15 is 0 Å². The van der Waals surface area contributed by atoms with Gasteiger partial charge in [0.25, 0.3) is 11.6 Å². The number of aliphatic hydroxyl groups excluding tert-OH is 1. The smallest absolute Gasteiger partial charge is 0.277 e. The summed E-state index contributed by atoms with van der Waals surface area (Å²) in [7, 11) is 4.46. The maximum absolute atomic E-state index is 13.2. The van der Waals surface area contributed by atoms with Crippen molar-refractivity contribution in [1.82, 2.24) is 0 Å². The van der Waals surface area contributed by atoms with Crippen LogP contribution in [0.1, 0.15) is 86.5 Å². The molecule has 0 amide bonds. The second-order valence-corrected chi connectivity index (χ2v) is 16.6. The van der Waals surface area contributed by atoms with Crippen molar-refractivity contribution in [2.75, 3.05) is 27.9 Å². The molecule has 1 aliphatic carbocycles. The third kappa shape index (κ3) is 4.97. The maximum Gasteiger partial charge on any atom is 0.277 e. The molecule has 6 heterocycles. The van der Waals surface area contributed by atoms with Gasteiger partial charge in [-0.1, -0.05) is 0 Å². The predicted octanol–water partition coefficient (Wildman–Crippen LogP) is 2.56. The maximum atomic E-state index is 13.2. The van der Waals surface area contributed by atoms with Crippen molar-refractivity contribution in [3.63, 3.8) is 0 Å². The number of rotatable bonds is 8. The quantitative estimate of drug-likeness (QED) is 0.225. The van der Waals surface area contributed by atoms with Gasteiger partial charge in [0, 0.05) is 50.0 Å². The molecule has 4 N–H and O–H groups in total. The van der Waals surface area contributed by atoms with Crippen LogP contribution in [0.3, 0.4) is 0 Å². The first-order valence-electron chi connectivity index (χ1n) is 18.9. The van der Waals surface area contributed by atoms with Gasteiger partial charge in [0.2, 0.25) is 11.9 Å². The first-order chi connectivity index (χ1) is 26.0. The van der Waals surface area contributed by atoms with Gasteiger partial charge in [-0.15, -0.1) is 0 Å². The van der Waals surface area contributed by atoms with Gasteiger partial charge in [0.15, 0.2) is 24.5 Å². The highest BCUT2D eigenvalue weighted by Crippen LogP contribution is 2.72. The molecule has 302 valence electrons. The molecule has 6 aliphatic heterocycles. The topological polar surface area (TPSA) is 203 Å². The van der Waals surface area contributed by atoms with Crippen molar-refractivity contribution in [2.24, 2.45) is 0 Å². The lowest BCUT2D eigenvalue weighted by atomic mass is 9.78. The van der Waals surface area contributed by atoms with Gasteiger partial charge >= 0.3 is 0 Å². The summed E-state index contributed by atoms with van der Waals surface area (Å²) in [5.41, 5.74) is -2.12. The summed E-state index contributed by atoms with van der Waals surface area (Å²) in [6.45, 7) is 8.46. The molecule has 2 bridgehead atoms. The molecule has 55 heavy (non-hydrogen) atoms. The normalized spacial score (nSPS) is 44.7. The van der Waals surface area contributed by atoms with Crippen molar-refractivity contribution in [3.05, 3.63) is 28.3 Å². The van der Waals surface area contributed by atoms with Crippen molar-refractivity contribution < 1.29 is 77.3 Å². The lowest BCUT2D eigenvalue weighted by Gasteiger charge is -2.50. The largest absolute Gasteiger partial charge is 0.506 e. The number of Topliss-reactive ketones (excluding diaryl/α,β-unsaturated/α-hetero) is 1. The molecule has 0 radical (unpaired) electrons. The van der Waals surface area contributed by atoms with Gasteiger partial charge in [-0.3, -0.25) is 4.79 Å². The van der Waals surface area contributed by atoms with E-state index in [-0.39, 0.29) is 42.3 Å². The van der Waals surface area contributed by atoms with Crippen molar-refractivity contribution >= 4 is 16.6 Å². The number of benzene rings is 2. The molecule has 5 fully saturated rings. The van der Waals surface area contributed by atoms with E-state index in [1.165, 1.54) is 21.1 Å². The summed E-state index contributed by atoms with van der Waals surface area (Å²) in [6.07, 6.45) is -6.92. The molecule has 14 atom stereocenters. The SMILES string of the molecule is COc1c2c(c(O)c3c4c(c(C)cc13)C1OC3([C@H](OC)OC5CC(C)(O)C(OC6CC(C)(O)C(O)C(C)O6)C(C)O5)OC1[C@@](OC)(O4)[C@@]31CO1)C(=O)CCC2. The molecule has 9 rings (SSSR count). The fourth-order valence-corrected chi connectivity index (χ4v) is 10.3. The number of ketones is 1. The first kappa shape index (κ1) is 37.8. The summed E-state index contributed by atoms with van der Waals surface area (Å²) in [6, 6.07) is 1.89. The number of phenolic OH excluding ortho intramolecular Hbond substituents is 1. The number of aromatic hydroxyl groups is 1. The van der Waals surface area contributed by atoms with Gasteiger partial charge in [-0.05, 0) is 59.1 Å².